The second-order valence-corrected chi connectivity index (χ2v) is 3.62. The zero-order chi connectivity index (χ0) is 9.14. The molecule has 1 aromatic carbocycles. The summed E-state index contributed by atoms with van der Waals surface area (Å²) in [6.07, 6.45) is 0.492. The molecule has 0 aliphatic carbocycles. The van der Waals surface area contributed by atoms with Crippen molar-refractivity contribution < 1.29 is 10.2 Å². The predicted octanol–water partition coefficient (Wildman–Crippen LogP) is 2.00. The Balaban J connectivity index is 3.09. The molecular weight excluding hydrogens is 220 g/mol. The van der Waals surface area contributed by atoms with Gasteiger partial charge in [0.2, 0.25) is 0 Å². The third kappa shape index (κ3) is 1.99. The smallest absolute Gasteiger partial charge is 0.121 e. The lowest BCUT2D eigenvalue weighted by Gasteiger charge is -2.06. The SMILES string of the molecule is Cc1cc(Br)cc(CCO)c1O. The van der Waals surface area contributed by atoms with E-state index in [-0.39, 0.29) is 12.4 Å². The van der Waals surface area contributed by atoms with Crippen molar-refractivity contribution in [1.29, 1.82) is 0 Å². The largest absolute Gasteiger partial charge is 0.507 e. The molecule has 0 unspecified atom stereocenters. The van der Waals surface area contributed by atoms with Gasteiger partial charge in [0.15, 0.2) is 0 Å². The molecule has 0 aromatic heterocycles. The second-order valence-electron chi connectivity index (χ2n) is 2.70. The van der Waals surface area contributed by atoms with Crippen LogP contribution in [0.3, 0.4) is 0 Å². The highest BCUT2D eigenvalue weighted by molar-refractivity contribution is 9.10. The quantitative estimate of drug-likeness (QED) is 0.817. The summed E-state index contributed by atoms with van der Waals surface area (Å²) in [6.45, 7) is 1.89. The molecule has 0 saturated heterocycles. The Morgan fingerprint density at radius 3 is 2.67 bits per heavy atom. The maximum atomic E-state index is 9.52. The van der Waals surface area contributed by atoms with Crippen molar-refractivity contribution in [3.8, 4) is 5.75 Å². The predicted molar refractivity (Wildman–Crippen MR) is 51.3 cm³/mol. The van der Waals surface area contributed by atoms with E-state index in [2.05, 4.69) is 15.9 Å². The van der Waals surface area contributed by atoms with Crippen LogP contribution in [-0.4, -0.2) is 16.8 Å². The van der Waals surface area contributed by atoms with E-state index in [0.29, 0.717) is 6.42 Å². The van der Waals surface area contributed by atoms with Crippen LogP contribution in [0.25, 0.3) is 0 Å². The van der Waals surface area contributed by atoms with Crippen LogP contribution in [0.4, 0.5) is 0 Å². The normalized spacial score (nSPS) is 10.2. The molecule has 0 saturated carbocycles. The van der Waals surface area contributed by atoms with Crippen molar-refractivity contribution in [1.82, 2.24) is 0 Å². The van der Waals surface area contributed by atoms with E-state index in [1.54, 1.807) is 0 Å². The third-order valence-corrected chi connectivity index (χ3v) is 2.18. The minimum atomic E-state index is 0.0590. The maximum absolute atomic E-state index is 9.52. The number of phenolic OH excluding ortho intramolecular Hbond substituents is 1. The molecule has 1 rings (SSSR count). The van der Waals surface area contributed by atoms with Crippen LogP contribution < -0.4 is 0 Å². The molecule has 0 atom stereocenters. The van der Waals surface area contributed by atoms with Crippen LogP contribution in [-0.2, 0) is 6.42 Å². The first-order valence-corrected chi connectivity index (χ1v) is 4.53. The van der Waals surface area contributed by atoms with Gasteiger partial charge in [0, 0.05) is 11.1 Å². The van der Waals surface area contributed by atoms with Crippen molar-refractivity contribution in [2.24, 2.45) is 0 Å². The lowest BCUT2D eigenvalue weighted by atomic mass is 10.1. The van der Waals surface area contributed by atoms with E-state index < -0.39 is 0 Å². The summed E-state index contributed by atoms with van der Waals surface area (Å²) in [4.78, 5) is 0. The Kier molecular flexibility index (Phi) is 3.12. The van der Waals surface area contributed by atoms with Gasteiger partial charge < -0.3 is 10.2 Å². The summed E-state index contributed by atoms with van der Waals surface area (Å²) >= 11 is 3.32. The molecular formula is C9H11BrO2. The zero-order valence-corrected chi connectivity index (χ0v) is 8.43. The second kappa shape index (κ2) is 3.92. The molecule has 0 aliphatic rings. The molecule has 1 aromatic rings. The monoisotopic (exact) mass is 230 g/mol. The number of benzene rings is 1. The van der Waals surface area contributed by atoms with Crippen LogP contribution in [0.2, 0.25) is 0 Å². The van der Waals surface area contributed by atoms with Crippen LogP contribution >= 0.6 is 15.9 Å². The summed E-state index contributed by atoms with van der Waals surface area (Å²) < 4.78 is 0.932. The Morgan fingerprint density at radius 1 is 1.42 bits per heavy atom. The van der Waals surface area contributed by atoms with Gasteiger partial charge in [-0.2, -0.15) is 0 Å². The Morgan fingerprint density at radius 2 is 2.08 bits per heavy atom. The standard InChI is InChI=1S/C9H11BrO2/c1-6-4-8(10)5-7(2-3-11)9(6)12/h4-5,11-12H,2-3H2,1H3. The van der Waals surface area contributed by atoms with Gasteiger partial charge in [-0.25, -0.2) is 0 Å². The number of phenols is 1. The number of halogens is 1. The van der Waals surface area contributed by atoms with Crippen LogP contribution in [0.15, 0.2) is 16.6 Å². The molecule has 66 valence electrons. The van der Waals surface area contributed by atoms with Crippen LogP contribution in [0.1, 0.15) is 11.1 Å². The molecule has 0 radical (unpaired) electrons. The van der Waals surface area contributed by atoms with Crippen molar-refractivity contribution >= 4 is 15.9 Å². The van der Waals surface area contributed by atoms with Crippen molar-refractivity contribution in [2.75, 3.05) is 6.61 Å². The van der Waals surface area contributed by atoms with E-state index in [1.165, 1.54) is 0 Å². The van der Waals surface area contributed by atoms with Gasteiger partial charge in [-0.05, 0) is 36.6 Å². The Labute approximate surface area is 80.0 Å². The third-order valence-electron chi connectivity index (χ3n) is 1.73. The molecule has 0 bridgehead atoms. The van der Waals surface area contributed by atoms with E-state index in [4.69, 9.17) is 5.11 Å². The fourth-order valence-electron chi connectivity index (χ4n) is 1.12. The first-order chi connectivity index (χ1) is 5.65. The molecule has 0 amide bonds. The minimum absolute atomic E-state index is 0.0590. The first-order valence-electron chi connectivity index (χ1n) is 3.74. The van der Waals surface area contributed by atoms with Gasteiger partial charge in [0.05, 0.1) is 0 Å². The number of aryl methyl sites for hydroxylation is 1. The number of hydrogen-bond acceptors (Lipinski definition) is 2. The van der Waals surface area contributed by atoms with Gasteiger partial charge in [0.25, 0.3) is 0 Å². The average molecular weight is 231 g/mol. The fourth-order valence-corrected chi connectivity index (χ4v) is 1.74. The molecule has 3 heteroatoms. The molecule has 0 heterocycles. The molecule has 2 nitrogen and oxygen atoms in total. The van der Waals surface area contributed by atoms with Gasteiger partial charge in [0.1, 0.15) is 5.75 Å². The van der Waals surface area contributed by atoms with Crippen LogP contribution in [0, 0.1) is 6.92 Å². The summed E-state index contributed by atoms with van der Waals surface area (Å²) in [5.41, 5.74) is 1.61. The Bertz CT molecular complexity index is 284. The fraction of sp³-hybridized carbons (Fsp3) is 0.333. The molecule has 0 fully saturated rings. The maximum Gasteiger partial charge on any atom is 0.121 e. The van der Waals surface area contributed by atoms with Gasteiger partial charge in [-0.3, -0.25) is 0 Å². The average Bonchev–Trinajstić information content (AvgIpc) is 2.00. The molecule has 12 heavy (non-hydrogen) atoms. The summed E-state index contributed by atoms with van der Waals surface area (Å²) in [7, 11) is 0. The highest BCUT2D eigenvalue weighted by atomic mass is 79.9. The zero-order valence-electron chi connectivity index (χ0n) is 6.84. The summed E-state index contributed by atoms with van der Waals surface area (Å²) in [5.74, 6) is 0.284. The van der Waals surface area contributed by atoms with Crippen molar-refractivity contribution in [3.63, 3.8) is 0 Å². The van der Waals surface area contributed by atoms with Gasteiger partial charge in [-0.1, -0.05) is 15.9 Å². The van der Waals surface area contributed by atoms with E-state index in [1.807, 2.05) is 19.1 Å². The minimum Gasteiger partial charge on any atom is -0.507 e. The number of aromatic hydroxyl groups is 1. The summed E-state index contributed by atoms with van der Waals surface area (Å²) in [6, 6.07) is 3.66. The van der Waals surface area contributed by atoms with E-state index in [9.17, 15) is 5.11 Å². The van der Waals surface area contributed by atoms with Gasteiger partial charge in [-0.15, -0.1) is 0 Å². The number of aliphatic hydroxyl groups is 1. The van der Waals surface area contributed by atoms with Crippen molar-refractivity contribution in [2.45, 2.75) is 13.3 Å². The first kappa shape index (κ1) is 9.55. The number of aliphatic hydroxyl groups excluding tert-OH is 1. The Hall–Kier alpha value is -0.540. The number of rotatable bonds is 2. The van der Waals surface area contributed by atoms with E-state index >= 15 is 0 Å². The topological polar surface area (TPSA) is 40.5 Å². The highest BCUT2D eigenvalue weighted by Gasteiger charge is 2.04. The highest BCUT2D eigenvalue weighted by Crippen LogP contribution is 2.26. The lowest BCUT2D eigenvalue weighted by molar-refractivity contribution is 0.297. The van der Waals surface area contributed by atoms with Gasteiger partial charge >= 0.3 is 0 Å². The number of hydrogen-bond donors (Lipinski definition) is 2. The summed E-state index contributed by atoms with van der Waals surface area (Å²) in [5, 5.41) is 18.2. The lowest BCUT2D eigenvalue weighted by Crippen LogP contribution is -1.92. The van der Waals surface area contributed by atoms with E-state index in [0.717, 1.165) is 15.6 Å². The van der Waals surface area contributed by atoms with Crippen molar-refractivity contribution in [3.05, 3.63) is 27.7 Å². The van der Waals surface area contributed by atoms with Crippen LogP contribution in [0.5, 0.6) is 5.75 Å². The molecule has 0 spiro atoms. The molecule has 0 aliphatic heterocycles. The molecule has 2 N–H and O–H groups in total.